The van der Waals surface area contributed by atoms with Crippen molar-refractivity contribution in [1.29, 1.82) is 0 Å². The molecule has 3 rings (SSSR count). The van der Waals surface area contributed by atoms with Gasteiger partial charge in [-0.2, -0.15) is 0 Å². The van der Waals surface area contributed by atoms with Gasteiger partial charge in [0, 0.05) is 25.1 Å². The Morgan fingerprint density at radius 1 is 1.28 bits per heavy atom. The summed E-state index contributed by atoms with van der Waals surface area (Å²) in [5.41, 5.74) is 5.92. The standard InChI is InChI=1S/C14H22N4/c1-2-3-13-16-12(15)8-14(17-13)18(11-6-7-11)9-10-4-5-10/h8,10-11H,2-7,9H2,1H3,(H2,15,16,17). The molecule has 0 unspecified atom stereocenters. The third-order valence-corrected chi connectivity index (χ3v) is 3.69. The van der Waals surface area contributed by atoms with E-state index in [1.807, 2.05) is 6.07 Å². The third kappa shape index (κ3) is 2.74. The second kappa shape index (κ2) is 4.75. The van der Waals surface area contributed by atoms with Crippen LogP contribution in [0.15, 0.2) is 6.07 Å². The fraction of sp³-hybridized carbons (Fsp3) is 0.714. The predicted molar refractivity (Wildman–Crippen MR) is 73.5 cm³/mol. The molecule has 2 aliphatic carbocycles. The van der Waals surface area contributed by atoms with Crippen LogP contribution in [0.1, 0.15) is 44.9 Å². The minimum Gasteiger partial charge on any atom is -0.384 e. The summed E-state index contributed by atoms with van der Waals surface area (Å²) >= 11 is 0. The first kappa shape index (κ1) is 11.8. The highest BCUT2D eigenvalue weighted by atomic mass is 15.2. The number of nitrogens with zero attached hydrogens (tertiary/aromatic N) is 3. The predicted octanol–water partition coefficient (Wildman–Crippen LogP) is 2.39. The van der Waals surface area contributed by atoms with Crippen LogP contribution in [0.2, 0.25) is 0 Å². The van der Waals surface area contributed by atoms with E-state index in [4.69, 9.17) is 10.7 Å². The topological polar surface area (TPSA) is 55.0 Å². The number of hydrogen-bond acceptors (Lipinski definition) is 4. The molecule has 0 aliphatic heterocycles. The second-order valence-corrected chi connectivity index (χ2v) is 5.64. The summed E-state index contributed by atoms with van der Waals surface area (Å²) in [6.07, 6.45) is 7.35. The Balaban J connectivity index is 1.82. The number of hydrogen-bond donors (Lipinski definition) is 1. The van der Waals surface area contributed by atoms with Crippen LogP contribution in [0.4, 0.5) is 11.6 Å². The maximum absolute atomic E-state index is 5.92. The lowest BCUT2D eigenvalue weighted by Crippen LogP contribution is -2.29. The summed E-state index contributed by atoms with van der Waals surface area (Å²) in [4.78, 5) is 11.5. The average molecular weight is 246 g/mol. The van der Waals surface area contributed by atoms with Gasteiger partial charge in [-0.05, 0) is 38.0 Å². The molecule has 0 radical (unpaired) electrons. The zero-order valence-corrected chi connectivity index (χ0v) is 11.1. The van der Waals surface area contributed by atoms with Crippen molar-refractivity contribution in [2.45, 2.75) is 51.5 Å². The first-order valence-electron chi connectivity index (χ1n) is 7.16. The summed E-state index contributed by atoms with van der Waals surface area (Å²) < 4.78 is 0. The number of nitrogen functional groups attached to an aromatic ring is 1. The Morgan fingerprint density at radius 2 is 2.06 bits per heavy atom. The van der Waals surface area contributed by atoms with Crippen LogP contribution < -0.4 is 10.6 Å². The molecule has 18 heavy (non-hydrogen) atoms. The van der Waals surface area contributed by atoms with E-state index in [1.165, 1.54) is 25.7 Å². The van der Waals surface area contributed by atoms with E-state index in [0.29, 0.717) is 11.9 Å². The fourth-order valence-electron chi connectivity index (χ4n) is 2.38. The van der Waals surface area contributed by atoms with Gasteiger partial charge in [0.25, 0.3) is 0 Å². The minimum absolute atomic E-state index is 0.616. The van der Waals surface area contributed by atoms with Gasteiger partial charge in [0.05, 0.1) is 0 Å². The van der Waals surface area contributed by atoms with Crippen LogP contribution in [0.25, 0.3) is 0 Å². The molecule has 1 heterocycles. The average Bonchev–Trinajstić information content (AvgIpc) is 3.19. The Labute approximate surface area is 109 Å². The van der Waals surface area contributed by atoms with E-state index in [9.17, 15) is 0 Å². The third-order valence-electron chi connectivity index (χ3n) is 3.69. The second-order valence-electron chi connectivity index (χ2n) is 5.64. The Bertz CT molecular complexity index is 424. The minimum atomic E-state index is 0.616. The molecule has 0 atom stereocenters. The van der Waals surface area contributed by atoms with Crippen LogP contribution in [0, 0.1) is 5.92 Å². The molecule has 0 aromatic carbocycles. The van der Waals surface area contributed by atoms with Crippen molar-refractivity contribution in [3.63, 3.8) is 0 Å². The van der Waals surface area contributed by atoms with Gasteiger partial charge >= 0.3 is 0 Å². The Kier molecular flexibility index (Phi) is 3.10. The van der Waals surface area contributed by atoms with Crippen molar-refractivity contribution in [3.05, 3.63) is 11.9 Å². The number of aryl methyl sites for hydroxylation is 1. The van der Waals surface area contributed by atoms with Crippen LogP contribution in [-0.4, -0.2) is 22.6 Å². The van der Waals surface area contributed by atoms with E-state index in [0.717, 1.165) is 36.9 Å². The molecule has 0 amide bonds. The van der Waals surface area contributed by atoms with E-state index < -0.39 is 0 Å². The normalized spacial score (nSPS) is 18.9. The van der Waals surface area contributed by atoms with E-state index >= 15 is 0 Å². The molecule has 98 valence electrons. The molecule has 2 fully saturated rings. The molecule has 2 saturated carbocycles. The number of aromatic nitrogens is 2. The van der Waals surface area contributed by atoms with Gasteiger partial charge in [-0.1, -0.05) is 6.92 Å². The molecule has 1 aromatic rings. The molecular weight excluding hydrogens is 224 g/mol. The number of nitrogens with two attached hydrogens (primary N) is 1. The summed E-state index contributed by atoms with van der Waals surface area (Å²) in [7, 11) is 0. The van der Waals surface area contributed by atoms with Crippen molar-refractivity contribution in [1.82, 2.24) is 9.97 Å². The smallest absolute Gasteiger partial charge is 0.134 e. The first-order chi connectivity index (χ1) is 8.76. The first-order valence-corrected chi connectivity index (χ1v) is 7.16. The molecule has 4 heteroatoms. The van der Waals surface area contributed by atoms with Crippen molar-refractivity contribution in [3.8, 4) is 0 Å². The lowest BCUT2D eigenvalue weighted by atomic mass is 10.3. The largest absolute Gasteiger partial charge is 0.384 e. The Hall–Kier alpha value is -1.32. The molecule has 2 aliphatic rings. The molecule has 0 spiro atoms. The van der Waals surface area contributed by atoms with Gasteiger partial charge < -0.3 is 10.6 Å². The van der Waals surface area contributed by atoms with Gasteiger partial charge in [-0.25, -0.2) is 9.97 Å². The number of rotatable bonds is 6. The van der Waals surface area contributed by atoms with Crippen LogP contribution in [0.5, 0.6) is 0 Å². The molecular formula is C14H22N4. The van der Waals surface area contributed by atoms with E-state index in [2.05, 4.69) is 16.8 Å². The molecule has 4 nitrogen and oxygen atoms in total. The molecule has 2 N–H and O–H groups in total. The highest BCUT2D eigenvalue weighted by Crippen LogP contribution is 2.37. The fourth-order valence-corrected chi connectivity index (χ4v) is 2.38. The van der Waals surface area contributed by atoms with E-state index in [-0.39, 0.29) is 0 Å². The van der Waals surface area contributed by atoms with Gasteiger partial charge in [-0.3, -0.25) is 0 Å². The maximum Gasteiger partial charge on any atom is 0.134 e. The van der Waals surface area contributed by atoms with Gasteiger partial charge in [0.1, 0.15) is 17.5 Å². The van der Waals surface area contributed by atoms with Crippen LogP contribution >= 0.6 is 0 Å². The molecule has 0 saturated heterocycles. The maximum atomic E-state index is 5.92. The quantitative estimate of drug-likeness (QED) is 0.837. The summed E-state index contributed by atoms with van der Waals surface area (Å²) in [6, 6.07) is 2.65. The summed E-state index contributed by atoms with van der Waals surface area (Å²) in [5.74, 6) is 3.45. The van der Waals surface area contributed by atoms with Gasteiger partial charge in [-0.15, -0.1) is 0 Å². The SMILES string of the molecule is CCCc1nc(N)cc(N(CC2CC2)C2CC2)n1. The van der Waals surface area contributed by atoms with Gasteiger partial charge in [0.2, 0.25) is 0 Å². The lowest BCUT2D eigenvalue weighted by molar-refractivity contribution is 0.701. The number of anilines is 2. The summed E-state index contributed by atoms with van der Waals surface area (Å²) in [6.45, 7) is 3.31. The zero-order valence-electron chi connectivity index (χ0n) is 11.1. The van der Waals surface area contributed by atoms with E-state index in [1.54, 1.807) is 0 Å². The monoisotopic (exact) mass is 246 g/mol. The molecule has 0 bridgehead atoms. The van der Waals surface area contributed by atoms with Crippen molar-refractivity contribution in [2.24, 2.45) is 5.92 Å². The lowest BCUT2D eigenvalue weighted by Gasteiger charge is -2.24. The zero-order chi connectivity index (χ0) is 12.5. The highest BCUT2D eigenvalue weighted by molar-refractivity contribution is 5.49. The highest BCUT2D eigenvalue weighted by Gasteiger charge is 2.34. The van der Waals surface area contributed by atoms with Crippen LogP contribution in [0.3, 0.4) is 0 Å². The van der Waals surface area contributed by atoms with Crippen molar-refractivity contribution >= 4 is 11.6 Å². The van der Waals surface area contributed by atoms with Crippen molar-refractivity contribution in [2.75, 3.05) is 17.2 Å². The van der Waals surface area contributed by atoms with Gasteiger partial charge in [0.15, 0.2) is 0 Å². The summed E-state index contributed by atoms with van der Waals surface area (Å²) in [5, 5.41) is 0. The molecule has 1 aromatic heterocycles. The van der Waals surface area contributed by atoms with Crippen molar-refractivity contribution < 1.29 is 0 Å². The Morgan fingerprint density at radius 3 is 2.67 bits per heavy atom. The van der Waals surface area contributed by atoms with Crippen LogP contribution in [-0.2, 0) is 6.42 Å².